The normalized spacial score (nSPS) is 18.0. The van der Waals surface area contributed by atoms with Crippen LogP contribution in [0.2, 0.25) is 0 Å². The van der Waals surface area contributed by atoms with E-state index in [4.69, 9.17) is 6.42 Å². The Kier molecular flexibility index (Phi) is 11.1. The molecule has 0 aromatic heterocycles. The molecule has 0 radical (unpaired) electrons. The lowest BCUT2D eigenvalue weighted by Crippen LogP contribution is -2.28. The number of terminal acetylenes is 1. The van der Waals surface area contributed by atoms with Gasteiger partial charge in [0, 0.05) is 73.8 Å². The number of allylic oxidation sites excluding steroid dienone is 5. The first-order valence-electron chi connectivity index (χ1n) is 25.3. The van der Waals surface area contributed by atoms with Gasteiger partial charge in [0.1, 0.15) is 0 Å². The highest BCUT2D eigenvalue weighted by atomic mass is 15.2. The zero-order valence-electron chi connectivity index (χ0n) is 40.6. The third-order valence-corrected chi connectivity index (χ3v) is 15.1. The second-order valence-electron chi connectivity index (χ2n) is 19.1. The lowest BCUT2D eigenvalue weighted by atomic mass is 9.91. The third-order valence-electron chi connectivity index (χ3n) is 15.1. The summed E-state index contributed by atoms with van der Waals surface area (Å²) in [6, 6.07) is 77.5. The summed E-state index contributed by atoms with van der Waals surface area (Å²) in [5.41, 5.74) is 18.1. The largest absolute Gasteiger partial charge is 0.333 e. The molecule has 0 bridgehead atoms. The van der Waals surface area contributed by atoms with E-state index in [0.717, 1.165) is 56.4 Å². The molecule has 9 aromatic carbocycles. The van der Waals surface area contributed by atoms with Crippen LogP contribution in [0.4, 0.5) is 51.2 Å². The fourth-order valence-corrected chi connectivity index (χ4v) is 11.8. The van der Waals surface area contributed by atoms with E-state index < -0.39 is 0 Å². The van der Waals surface area contributed by atoms with Crippen molar-refractivity contribution >= 4 is 67.7 Å². The van der Waals surface area contributed by atoms with Crippen molar-refractivity contribution in [1.29, 1.82) is 0 Å². The van der Waals surface area contributed by atoms with Gasteiger partial charge in [-0.1, -0.05) is 176 Å². The fourth-order valence-electron chi connectivity index (χ4n) is 11.8. The van der Waals surface area contributed by atoms with Gasteiger partial charge in [-0.25, -0.2) is 0 Å². The van der Waals surface area contributed by atoms with Crippen LogP contribution >= 0.6 is 0 Å². The molecule has 0 fully saturated rings. The summed E-state index contributed by atoms with van der Waals surface area (Å²) in [4.78, 5) is 9.77. The molecule has 0 spiro atoms. The summed E-state index contributed by atoms with van der Waals surface area (Å²) in [5, 5.41) is 2.41. The van der Waals surface area contributed by atoms with Crippen molar-refractivity contribution in [3.63, 3.8) is 0 Å². The van der Waals surface area contributed by atoms with Crippen molar-refractivity contribution < 1.29 is 0 Å². The van der Waals surface area contributed by atoms with Crippen molar-refractivity contribution in [3.8, 4) is 23.5 Å². The number of hydrogen-bond acceptors (Lipinski definition) is 4. The summed E-state index contributed by atoms with van der Waals surface area (Å²) >= 11 is 0. The molecule has 348 valence electrons. The van der Waals surface area contributed by atoms with Crippen LogP contribution in [0.25, 0.3) is 27.6 Å². The van der Waals surface area contributed by atoms with E-state index in [0.29, 0.717) is 0 Å². The summed E-state index contributed by atoms with van der Waals surface area (Å²) < 4.78 is 0. The van der Waals surface area contributed by atoms with Crippen molar-refractivity contribution in [3.05, 3.63) is 289 Å². The minimum atomic E-state index is 0.193. The van der Waals surface area contributed by atoms with Gasteiger partial charge in [-0.15, -0.1) is 6.42 Å². The molecule has 0 amide bonds. The zero-order valence-corrected chi connectivity index (χ0v) is 40.6. The molecule has 4 unspecified atom stereocenters. The van der Waals surface area contributed by atoms with Crippen LogP contribution in [0.3, 0.4) is 0 Å². The van der Waals surface area contributed by atoms with Gasteiger partial charge in [0.05, 0.1) is 23.5 Å². The minimum absolute atomic E-state index is 0.193. The van der Waals surface area contributed by atoms with E-state index >= 15 is 0 Å². The monoisotopic (exact) mass is 936 g/mol. The highest BCUT2D eigenvalue weighted by molar-refractivity contribution is 5.99. The molecule has 4 nitrogen and oxygen atoms in total. The van der Waals surface area contributed by atoms with Crippen molar-refractivity contribution in [2.45, 2.75) is 30.8 Å². The molecular formula is C69H52N4. The summed E-state index contributed by atoms with van der Waals surface area (Å²) in [5.74, 6) is 3.42. The first-order chi connectivity index (χ1) is 36.1. The minimum Gasteiger partial charge on any atom is -0.333 e. The SMILES string of the molecule is C#Cc1ccccc1/C(=C\C)N(c1ccc(-c2ccc(N(c3ccc4c(c3)C3C=CC=CC3N4c3ccccc3)c3cccc4ccccc34)cc2)cc1)c1ccc2c(c1)C1C=CC=CC1N2c1ccccc1. The van der Waals surface area contributed by atoms with Gasteiger partial charge < -0.3 is 19.6 Å². The molecule has 13 rings (SSSR count). The van der Waals surface area contributed by atoms with E-state index in [2.05, 4.69) is 287 Å². The van der Waals surface area contributed by atoms with E-state index in [1.165, 1.54) is 44.6 Å². The number of rotatable bonds is 10. The lowest BCUT2D eigenvalue weighted by Gasteiger charge is -2.30. The molecule has 0 saturated carbocycles. The zero-order chi connectivity index (χ0) is 48.8. The van der Waals surface area contributed by atoms with Gasteiger partial charge >= 0.3 is 0 Å². The molecule has 0 N–H and O–H groups in total. The van der Waals surface area contributed by atoms with E-state index in [9.17, 15) is 0 Å². The number of para-hydroxylation sites is 2. The van der Waals surface area contributed by atoms with Gasteiger partial charge in [0.25, 0.3) is 0 Å². The Morgan fingerprint density at radius 2 is 0.986 bits per heavy atom. The van der Waals surface area contributed by atoms with Gasteiger partial charge in [-0.3, -0.25) is 0 Å². The van der Waals surface area contributed by atoms with Crippen molar-refractivity contribution in [2.75, 3.05) is 19.6 Å². The number of nitrogens with zero attached hydrogens (tertiary/aromatic N) is 4. The van der Waals surface area contributed by atoms with E-state index in [1.807, 2.05) is 12.1 Å². The molecule has 2 aliphatic heterocycles. The van der Waals surface area contributed by atoms with Crippen molar-refractivity contribution in [1.82, 2.24) is 0 Å². The Hall–Kier alpha value is -9.30. The second kappa shape index (κ2) is 18.5. The molecule has 2 aliphatic carbocycles. The van der Waals surface area contributed by atoms with Crippen LogP contribution in [-0.2, 0) is 0 Å². The van der Waals surface area contributed by atoms with E-state index in [-0.39, 0.29) is 23.9 Å². The Labute approximate surface area is 428 Å². The number of fused-ring (bicyclic) bond motifs is 7. The summed E-state index contributed by atoms with van der Waals surface area (Å²) in [6.45, 7) is 2.10. The topological polar surface area (TPSA) is 13.0 Å². The molecule has 2 heterocycles. The number of hydrogen-bond donors (Lipinski definition) is 0. The maximum atomic E-state index is 6.19. The average Bonchev–Trinajstić information content (AvgIpc) is 3.97. The Balaban J connectivity index is 0.877. The third kappa shape index (κ3) is 7.57. The highest BCUT2D eigenvalue weighted by Crippen LogP contribution is 2.52. The van der Waals surface area contributed by atoms with Crippen LogP contribution in [0.15, 0.2) is 267 Å². The number of anilines is 9. The fraction of sp³-hybridized carbons (Fsp3) is 0.0725. The van der Waals surface area contributed by atoms with Gasteiger partial charge in [0.2, 0.25) is 0 Å². The van der Waals surface area contributed by atoms with Gasteiger partial charge in [0.15, 0.2) is 0 Å². The first kappa shape index (κ1) is 43.7. The van der Waals surface area contributed by atoms with Crippen LogP contribution in [0.5, 0.6) is 0 Å². The van der Waals surface area contributed by atoms with Crippen LogP contribution in [-0.4, -0.2) is 12.1 Å². The molecular weight excluding hydrogens is 885 g/mol. The molecule has 4 heteroatoms. The average molecular weight is 937 g/mol. The van der Waals surface area contributed by atoms with Crippen LogP contribution in [0, 0.1) is 12.3 Å². The smallest absolute Gasteiger partial charge is 0.0629 e. The highest BCUT2D eigenvalue weighted by Gasteiger charge is 2.39. The quantitative estimate of drug-likeness (QED) is 0.127. The molecule has 73 heavy (non-hydrogen) atoms. The lowest BCUT2D eigenvalue weighted by molar-refractivity contribution is 0.745. The molecule has 9 aromatic rings. The standard InChI is InChI=1S/C69H52N4/c1-3-48-20-11-13-27-58(48)64(4-2)70(56-42-44-68-62(46-56)60-29-15-17-31-66(60)72(68)52-23-7-5-8-24-52)54-38-34-49(35-39-54)50-36-40-55(41-37-50)71(65-33-19-22-51-21-12-14-28-59(51)65)57-43-45-69-63(47-57)61-30-16-18-32-67(61)73(69)53-25-9-6-10-26-53/h1,4-47,60-61,66-67H,2H3/b64-4+. The predicted molar refractivity (Wildman–Crippen MR) is 307 cm³/mol. The maximum absolute atomic E-state index is 6.19. The second-order valence-corrected chi connectivity index (χ2v) is 19.1. The van der Waals surface area contributed by atoms with Crippen molar-refractivity contribution in [2.24, 2.45) is 0 Å². The van der Waals surface area contributed by atoms with Gasteiger partial charge in [-0.05, 0) is 132 Å². The van der Waals surface area contributed by atoms with Crippen LogP contribution < -0.4 is 19.6 Å². The molecule has 4 atom stereocenters. The Bertz CT molecular complexity index is 3740. The first-order valence-corrected chi connectivity index (χ1v) is 25.3. The Morgan fingerprint density at radius 3 is 1.60 bits per heavy atom. The van der Waals surface area contributed by atoms with Crippen LogP contribution in [0.1, 0.15) is 41.0 Å². The molecule has 0 saturated heterocycles. The maximum Gasteiger partial charge on any atom is 0.0629 e. The predicted octanol–water partition coefficient (Wildman–Crippen LogP) is 17.6. The summed E-state index contributed by atoms with van der Waals surface area (Å²) in [7, 11) is 0. The number of benzene rings is 9. The van der Waals surface area contributed by atoms with Gasteiger partial charge in [-0.2, -0.15) is 0 Å². The molecule has 4 aliphatic rings. The van der Waals surface area contributed by atoms with E-state index in [1.54, 1.807) is 0 Å². The summed E-state index contributed by atoms with van der Waals surface area (Å²) in [6.07, 6.45) is 26.5. The Morgan fingerprint density at radius 1 is 0.479 bits per heavy atom.